The molecule has 0 amide bonds. The maximum atomic E-state index is 11.8. The Morgan fingerprint density at radius 2 is 1.84 bits per heavy atom. The van der Waals surface area contributed by atoms with Gasteiger partial charge in [-0.15, -0.1) is 0 Å². The Balaban J connectivity index is 1.52. The van der Waals surface area contributed by atoms with Gasteiger partial charge in [0.05, 0.1) is 23.7 Å². The van der Waals surface area contributed by atoms with Crippen molar-refractivity contribution in [3.05, 3.63) is 102 Å². The number of aryl methyl sites for hydroxylation is 2. The molecule has 1 fully saturated rings. The molecule has 1 aliphatic heterocycles. The monoisotopic (exact) mass is 550 g/mol. The molecule has 1 saturated heterocycles. The molecule has 7 nitrogen and oxygen atoms in total. The number of nitrogens with one attached hydrogen (secondary N) is 2. The van der Waals surface area contributed by atoms with Crippen molar-refractivity contribution < 1.29 is 12.8 Å². The molecule has 0 spiro atoms. The molecule has 10 heteroatoms. The predicted molar refractivity (Wildman–Crippen MR) is 152 cm³/mol. The lowest BCUT2D eigenvalue weighted by atomic mass is 10.0. The maximum absolute atomic E-state index is 11.8. The van der Waals surface area contributed by atoms with Crippen LogP contribution in [0.15, 0.2) is 93.4 Å². The van der Waals surface area contributed by atoms with Gasteiger partial charge in [0.15, 0.2) is 10.2 Å². The molecule has 0 bridgehead atoms. The van der Waals surface area contributed by atoms with E-state index in [4.69, 9.17) is 16.6 Å². The van der Waals surface area contributed by atoms with Crippen LogP contribution < -0.4 is 14.9 Å². The van der Waals surface area contributed by atoms with Crippen LogP contribution in [0.2, 0.25) is 0 Å². The molecule has 190 valence electrons. The number of nitrogens with zero attached hydrogens (tertiary/aromatic N) is 2. The fourth-order valence-corrected chi connectivity index (χ4v) is 6.06. The normalized spacial score (nSPS) is 17.6. The summed E-state index contributed by atoms with van der Waals surface area (Å²) >= 11 is 7.35. The van der Waals surface area contributed by atoms with Crippen LogP contribution in [0.25, 0.3) is 0 Å². The van der Waals surface area contributed by atoms with Gasteiger partial charge in [-0.2, -0.15) is 0 Å². The number of hydrogen-bond acceptors (Lipinski definition) is 6. The van der Waals surface area contributed by atoms with E-state index < -0.39 is 10.0 Å². The second-order valence-electron chi connectivity index (χ2n) is 8.94. The Hall–Kier alpha value is -3.34. The number of furan rings is 1. The molecular weight excluding hydrogens is 525 g/mol. The summed E-state index contributed by atoms with van der Waals surface area (Å²) in [6, 6.07) is 23.0. The van der Waals surface area contributed by atoms with E-state index in [-0.39, 0.29) is 12.1 Å². The highest BCUT2D eigenvalue weighted by Crippen LogP contribution is 2.44. The molecule has 1 aliphatic rings. The molecule has 2 aromatic heterocycles. The number of sulfonamides is 1. The van der Waals surface area contributed by atoms with Gasteiger partial charge >= 0.3 is 0 Å². The summed E-state index contributed by atoms with van der Waals surface area (Å²) in [6.07, 6.45) is 2.90. The van der Waals surface area contributed by atoms with Crippen molar-refractivity contribution in [2.24, 2.45) is 0 Å². The van der Waals surface area contributed by atoms with Crippen molar-refractivity contribution in [3.63, 3.8) is 0 Å². The molecule has 5 rings (SSSR count). The zero-order valence-corrected chi connectivity index (χ0v) is 23.0. The summed E-state index contributed by atoms with van der Waals surface area (Å²) in [4.78, 5) is 7.68. The first-order valence-corrected chi connectivity index (χ1v) is 14.7. The van der Waals surface area contributed by atoms with Crippen molar-refractivity contribution in [2.45, 2.75) is 35.9 Å². The number of benzene rings is 2. The third kappa shape index (κ3) is 5.66. The average Bonchev–Trinajstić information content (AvgIpc) is 3.45. The highest BCUT2D eigenvalue weighted by atomic mass is 32.2. The molecular formula is C27H26N4O3S3. The van der Waals surface area contributed by atoms with E-state index in [1.807, 2.05) is 54.3 Å². The maximum Gasteiger partial charge on any atom is 0.229 e. The van der Waals surface area contributed by atoms with E-state index in [2.05, 4.69) is 46.2 Å². The Morgan fingerprint density at radius 1 is 1.05 bits per heavy atom. The van der Waals surface area contributed by atoms with E-state index in [9.17, 15) is 8.42 Å². The Morgan fingerprint density at radius 3 is 2.51 bits per heavy atom. The highest BCUT2D eigenvalue weighted by molar-refractivity contribution is 7.99. The zero-order valence-electron chi connectivity index (χ0n) is 20.5. The van der Waals surface area contributed by atoms with Crippen LogP contribution in [-0.2, 0) is 10.0 Å². The van der Waals surface area contributed by atoms with Gasteiger partial charge in [0.2, 0.25) is 10.0 Å². The van der Waals surface area contributed by atoms with E-state index in [0.717, 1.165) is 38.9 Å². The summed E-state index contributed by atoms with van der Waals surface area (Å²) in [5.74, 6) is 0.744. The average molecular weight is 551 g/mol. The molecule has 37 heavy (non-hydrogen) atoms. The Labute approximate surface area is 226 Å². The summed E-state index contributed by atoms with van der Waals surface area (Å²) in [5.41, 5.74) is 4.17. The van der Waals surface area contributed by atoms with Gasteiger partial charge in [-0.1, -0.05) is 35.5 Å². The van der Waals surface area contributed by atoms with Gasteiger partial charge in [-0.25, -0.2) is 8.42 Å². The van der Waals surface area contributed by atoms with Crippen molar-refractivity contribution in [2.75, 3.05) is 15.9 Å². The minimum atomic E-state index is -3.39. The minimum Gasteiger partial charge on any atom is -0.452 e. The fraction of sp³-hybridized carbons (Fsp3) is 0.185. The first-order chi connectivity index (χ1) is 17.7. The van der Waals surface area contributed by atoms with E-state index in [0.29, 0.717) is 10.8 Å². The smallest absolute Gasteiger partial charge is 0.229 e. The van der Waals surface area contributed by atoms with Crippen LogP contribution in [0.5, 0.6) is 0 Å². The standard InChI is InChI=1S/C27H26N4O3S3/c1-17-7-10-20(11-8-17)36-24-14-13-23(34-24)26-25(22-6-4-5-15-28-22)29-27(35)31(26)19-9-12-21(18(2)16-19)30-37(3,32)33/h4-16,25-26,30H,1-3H3,(H,29,35). The second kappa shape index (κ2) is 10.2. The molecule has 4 aromatic rings. The van der Waals surface area contributed by atoms with E-state index in [1.165, 1.54) is 5.56 Å². The number of anilines is 2. The highest BCUT2D eigenvalue weighted by Gasteiger charge is 2.42. The molecule has 2 unspecified atom stereocenters. The fourth-order valence-electron chi connectivity index (χ4n) is 4.30. The number of thiocarbonyl (C=S) groups is 1. The lowest BCUT2D eigenvalue weighted by molar-refractivity contribution is 0.383. The van der Waals surface area contributed by atoms with Gasteiger partial charge in [-0.05, 0) is 86.2 Å². The second-order valence-corrected chi connectivity index (χ2v) is 12.2. The van der Waals surface area contributed by atoms with Crippen LogP contribution in [-0.4, -0.2) is 24.8 Å². The third-order valence-electron chi connectivity index (χ3n) is 6.01. The van der Waals surface area contributed by atoms with Crippen LogP contribution in [0, 0.1) is 13.8 Å². The van der Waals surface area contributed by atoms with Gasteiger partial charge in [0.25, 0.3) is 0 Å². The number of hydrogen-bond donors (Lipinski definition) is 2. The Bertz CT molecular complexity index is 1540. The zero-order chi connectivity index (χ0) is 26.2. The van der Waals surface area contributed by atoms with Gasteiger partial charge in [0, 0.05) is 16.8 Å². The van der Waals surface area contributed by atoms with Crippen molar-refractivity contribution in [1.82, 2.24) is 10.3 Å². The van der Waals surface area contributed by atoms with Crippen molar-refractivity contribution >= 4 is 50.5 Å². The lowest BCUT2D eigenvalue weighted by Crippen LogP contribution is -2.29. The van der Waals surface area contributed by atoms with Gasteiger partial charge in [-0.3, -0.25) is 9.71 Å². The van der Waals surface area contributed by atoms with E-state index in [1.54, 1.807) is 24.0 Å². The Kier molecular flexibility index (Phi) is 6.98. The van der Waals surface area contributed by atoms with Crippen LogP contribution >= 0.6 is 24.0 Å². The SMILES string of the molecule is Cc1ccc(Sc2ccc(C3C(c4ccccn4)NC(=S)N3c3ccc(NS(C)(=O)=O)c(C)c3)o2)cc1. The summed E-state index contributed by atoms with van der Waals surface area (Å²) < 4.78 is 32.5. The van der Waals surface area contributed by atoms with Crippen LogP contribution in [0.3, 0.4) is 0 Å². The molecule has 3 heterocycles. The first kappa shape index (κ1) is 25.3. The molecule has 0 aliphatic carbocycles. The molecule has 0 radical (unpaired) electrons. The summed E-state index contributed by atoms with van der Waals surface area (Å²) in [6.45, 7) is 3.92. The topological polar surface area (TPSA) is 87.5 Å². The van der Waals surface area contributed by atoms with Crippen LogP contribution in [0.4, 0.5) is 11.4 Å². The summed E-state index contributed by atoms with van der Waals surface area (Å²) in [7, 11) is -3.39. The molecule has 2 N–H and O–H groups in total. The largest absolute Gasteiger partial charge is 0.452 e. The van der Waals surface area contributed by atoms with Crippen LogP contribution in [0.1, 0.15) is 34.7 Å². The number of aromatic nitrogens is 1. The summed E-state index contributed by atoms with van der Waals surface area (Å²) in [5, 5.41) is 4.73. The van der Waals surface area contributed by atoms with Crippen molar-refractivity contribution in [3.8, 4) is 0 Å². The van der Waals surface area contributed by atoms with Gasteiger partial charge < -0.3 is 14.6 Å². The molecule has 0 saturated carbocycles. The minimum absolute atomic E-state index is 0.244. The number of rotatable bonds is 7. The lowest BCUT2D eigenvalue weighted by Gasteiger charge is -2.26. The van der Waals surface area contributed by atoms with E-state index >= 15 is 0 Å². The van der Waals surface area contributed by atoms with Gasteiger partial charge in [0.1, 0.15) is 11.8 Å². The molecule has 2 atom stereocenters. The van der Waals surface area contributed by atoms with Crippen molar-refractivity contribution in [1.29, 1.82) is 0 Å². The first-order valence-electron chi connectivity index (χ1n) is 11.6. The molecule has 2 aromatic carbocycles. The predicted octanol–water partition coefficient (Wildman–Crippen LogP) is 5.99. The third-order valence-corrected chi connectivity index (χ3v) is 7.85. The number of pyridine rings is 1. The quantitative estimate of drug-likeness (QED) is 0.271.